The second kappa shape index (κ2) is 7.17. The minimum absolute atomic E-state index is 0.114. The van der Waals surface area contributed by atoms with Crippen molar-refractivity contribution in [1.82, 2.24) is 5.32 Å². The maximum absolute atomic E-state index is 11.9. The van der Waals surface area contributed by atoms with Crippen molar-refractivity contribution in [2.45, 2.75) is 52.9 Å². The molecule has 2 N–H and O–H groups in total. The fourth-order valence-corrected chi connectivity index (χ4v) is 2.09. The summed E-state index contributed by atoms with van der Waals surface area (Å²) in [5.74, 6) is 0.778. The van der Waals surface area contributed by atoms with Crippen LogP contribution < -0.4 is 10.6 Å². The van der Waals surface area contributed by atoms with E-state index < -0.39 is 0 Å². The molecule has 1 aromatic rings. The molecule has 0 heterocycles. The Hall–Kier alpha value is -1.51. The Morgan fingerprint density at radius 1 is 1.11 bits per heavy atom. The lowest BCUT2D eigenvalue weighted by atomic mass is 9.93. The van der Waals surface area contributed by atoms with E-state index in [0.717, 1.165) is 12.1 Å². The van der Waals surface area contributed by atoms with Gasteiger partial charge in [-0.15, -0.1) is 0 Å². The Balaban J connectivity index is 3.04. The number of rotatable bonds is 5. The molecule has 1 aromatic carbocycles. The monoisotopic (exact) mass is 262 g/mol. The number of benzene rings is 1. The number of amides is 2. The molecule has 1 rings (SSSR count). The van der Waals surface area contributed by atoms with Crippen LogP contribution in [0.15, 0.2) is 18.2 Å². The van der Waals surface area contributed by atoms with Crippen LogP contribution in [-0.2, 0) is 0 Å². The highest BCUT2D eigenvalue weighted by Gasteiger charge is 2.15. The summed E-state index contributed by atoms with van der Waals surface area (Å²) in [6.45, 7) is 11.3. The average Bonchev–Trinajstić information content (AvgIpc) is 2.35. The van der Waals surface area contributed by atoms with Gasteiger partial charge in [0.05, 0.1) is 0 Å². The van der Waals surface area contributed by atoms with Crippen LogP contribution in [0.4, 0.5) is 10.5 Å². The third kappa shape index (κ3) is 4.27. The maximum atomic E-state index is 11.9. The van der Waals surface area contributed by atoms with Gasteiger partial charge in [-0.3, -0.25) is 0 Å². The zero-order valence-electron chi connectivity index (χ0n) is 12.7. The number of carbonyl (C=O) groups excluding carboxylic acids is 1. The molecule has 3 nitrogen and oxygen atoms in total. The molecule has 0 unspecified atom stereocenters. The first kappa shape index (κ1) is 15.5. The van der Waals surface area contributed by atoms with Crippen molar-refractivity contribution in [3.8, 4) is 0 Å². The van der Waals surface area contributed by atoms with E-state index in [1.165, 1.54) is 11.1 Å². The van der Waals surface area contributed by atoms with Crippen molar-refractivity contribution in [3.63, 3.8) is 0 Å². The molecule has 106 valence electrons. The highest BCUT2D eigenvalue weighted by atomic mass is 16.2. The number of hydrogen-bond acceptors (Lipinski definition) is 1. The molecule has 0 atom stereocenters. The molecule has 0 spiro atoms. The molecule has 0 fully saturated rings. The quantitative estimate of drug-likeness (QED) is 0.808. The van der Waals surface area contributed by atoms with Gasteiger partial charge in [0.1, 0.15) is 0 Å². The van der Waals surface area contributed by atoms with E-state index in [0.29, 0.717) is 18.4 Å². The fourth-order valence-electron chi connectivity index (χ4n) is 2.09. The molecule has 0 aliphatic carbocycles. The molecule has 0 saturated carbocycles. The Labute approximate surface area is 116 Å². The first-order chi connectivity index (χ1) is 8.97. The van der Waals surface area contributed by atoms with Crippen molar-refractivity contribution in [2.24, 2.45) is 0 Å². The van der Waals surface area contributed by atoms with Crippen LogP contribution in [0.5, 0.6) is 0 Å². The summed E-state index contributed by atoms with van der Waals surface area (Å²) < 4.78 is 0. The van der Waals surface area contributed by atoms with E-state index in [1.807, 2.05) is 6.92 Å². The number of para-hydroxylation sites is 1. The number of nitrogens with one attached hydrogen (secondary N) is 2. The minimum atomic E-state index is -0.114. The highest BCUT2D eigenvalue weighted by molar-refractivity contribution is 5.91. The van der Waals surface area contributed by atoms with Crippen molar-refractivity contribution < 1.29 is 4.79 Å². The summed E-state index contributed by atoms with van der Waals surface area (Å²) in [6, 6.07) is 6.13. The molecule has 0 aliphatic heterocycles. The molecule has 0 radical (unpaired) electrons. The summed E-state index contributed by atoms with van der Waals surface area (Å²) in [7, 11) is 0. The number of carbonyl (C=O) groups is 1. The predicted molar refractivity (Wildman–Crippen MR) is 81.9 cm³/mol. The van der Waals surface area contributed by atoms with Crippen molar-refractivity contribution in [1.29, 1.82) is 0 Å². The van der Waals surface area contributed by atoms with Gasteiger partial charge in [0.25, 0.3) is 0 Å². The molecule has 0 aliphatic rings. The Kier molecular flexibility index (Phi) is 5.87. The van der Waals surface area contributed by atoms with Crippen molar-refractivity contribution in [2.75, 3.05) is 11.9 Å². The SMILES string of the molecule is CCCNC(=O)Nc1c(C(C)C)cccc1C(C)C. The zero-order valence-corrected chi connectivity index (χ0v) is 12.7. The lowest BCUT2D eigenvalue weighted by Gasteiger charge is -2.20. The lowest BCUT2D eigenvalue weighted by molar-refractivity contribution is 0.252. The van der Waals surface area contributed by atoms with Gasteiger partial charge < -0.3 is 10.6 Å². The molecule has 3 heteroatoms. The highest BCUT2D eigenvalue weighted by Crippen LogP contribution is 2.32. The maximum Gasteiger partial charge on any atom is 0.319 e. The summed E-state index contributed by atoms with van der Waals surface area (Å²) in [6.07, 6.45) is 0.941. The van der Waals surface area contributed by atoms with Crippen LogP contribution in [-0.4, -0.2) is 12.6 Å². The summed E-state index contributed by atoms with van der Waals surface area (Å²) in [4.78, 5) is 11.9. The topological polar surface area (TPSA) is 41.1 Å². The van der Waals surface area contributed by atoms with Crippen molar-refractivity contribution in [3.05, 3.63) is 29.3 Å². The fraction of sp³-hybridized carbons (Fsp3) is 0.562. The standard InChI is InChI=1S/C16H26N2O/c1-6-10-17-16(19)18-15-13(11(2)3)8-7-9-14(15)12(4)5/h7-9,11-12H,6,10H2,1-5H3,(H2,17,18,19). The van der Waals surface area contributed by atoms with Gasteiger partial charge >= 0.3 is 6.03 Å². The summed E-state index contributed by atoms with van der Waals surface area (Å²) >= 11 is 0. The van der Waals surface area contributed by atoms with E-state index >= 15 is 0 Å². The first-order valence-electron chi connectivity index (χ1n) is 7.15. The average molecular weight is 262 g/mol. The predicted octanol–water partition coefficient (Wildman–Crippen LogP) is 4.46. The molecule has 0 saturated heterocycles. The molecule has 2 amide bonds. The molecule has 0 aromatic heterocycles. The van der Waals surface area contributed by atoms with Crippen molar-refractivity contribution >= 4 is 11.7 Å². The Morgan fingerprint density at radius 2 is 1.63 bits per heavy atom. The van der Waals surface area contributed by atoms with E-state index in [-0.39, 0.29) is 6.03 Å². The second-order valence-corrected chi connectivity index (χ2v) is 5.50. The van der Waals surface area contributed by atoms with Gasteiger partial charge in [-0.2, -0.15) is 0 Å². The third-order valence-corrected chi connectivity index (χ3v) is 3.15. The zero-order chi connectivity index (χ0) is 14.4. The van der Waals surface area contributed by atoms with Crippen LogP contribution in [0.2, 0.25) is 0 Å². The van der Waals surface area contributed by atoms with Gasteiger partial charge in [0.15, 0.2) is 0 Å². The number of anilines is 1. The van der Waals surface area contributed by atoms with Crippen LogP contribution in [0.1, 0.15) is 64.0 Å². The van der Waals surface area contributed by atoms with E-state index in [4.69, 9.17) is 0 Å². The van der Waals surface area contributed by atoms with E-state index in [2.05, 4.69) is 56.5 Å². The summed E-state index contributed by atoms with van der Waals surface area (Å²) in [5, 5.41) is 5.89. The van der Waals surface area contributed by atoms with Gasteiger partial charge in [-0.25, -0.2) is 4.79 Å². The van der Waals surface area contributed by atoms with Gasteiger partial charge in [0.2, 0.25) is 0 Å². The van der Waals surface area contributed by atoms with E-state index in [1.54, 1.807) is 0 Å². The molecular weight excluding hydrogens is 236 g/mol. The molecule has 0 bridgehead atoms. The van der Waals surface area contributed by atoms with Gasteiger partial charge in [0, 0.05) is 12.2 Å². The van der Waals surface area contributed by atoms with Crippen LogP contribution in [0.25, 0.3) is 0 Å². The Morgan fingerprint density at radius 3 is 2.05 bits per heavy atom. The van der Waals surface area contributed by atoms with Crippen LogP contribution in [0.3, 0.4) is 0 Å². The third-order valence-electron chi connectivity index (χ3n) is 3.15. The van der Waals surface area contributed by atoms with Gasteiger partial charge in [-0.05, 0) is 29.4 Å². The Bertz CT molecular complexity index is 399. The molecule has 19 heavy (non-hydrogen) atoms. The first-order valence-corrected chi connectivity index (χ1v) is 7.15. The number of hydrogen-bond donors (Lipinski definition) is 2. The summed E-state index contributed by atoms with van der Waals surface area (Å²) in [5.41, 5.74) is 3.36. The molecular formula is C16H26N2O. The van der Waals surface area contributed by atoms with E-state index in [9.17, 15) is 4.79 Å². The number of urea groups is 1. The van der Waals surface area contributed by atoms with Crippen LogP contribution >= 0.6 is 0 Å². The van der Waals surface area contributed by atoms with Crippen LogP contribution in [0, 0.1) is 0 Å². The largest absolute Gasteiger partial charge is 0.338 e. The smallest absolute Gasteiger partial charge is 0.319 e. The van der Waals surface area contributed by atoms with Gasteiger partial charge in [-0.1, -0.05) is 52.8 Å². The minimum Gasteiger partial charge on any atom is -0.338 e. The normalized spacial score (nSPS) is 10.9. The lowest BCUT2D eigenvalue weighted by Crippen LogP contribution is -2.30. The second-order valence-electron chi connectivity index (χ2n) is 5.50.